The van der Waals surface area contributed by atoms with Crippen LogP contribution < -0.4 is 0 Å². The molecule has 334 valence electrons. The van der Waals surface area contributed by atoms with Crippen LogP contribution >= 0.6 is 22.7 Å². The standard InChI is InChI=1S/C57H70O3S3/c1-52(2,3)34-25-31(26-35(49(34)58)53(4,5)6)40-19-22-43(61-40)46-47(44-23-20-41(62-44)32-27-36(54(7,8)9)50(59)37(28-32)55(10,11)12)48(46)45-24-21-42(63-45)33-29-38(56(13,14)15)51(60)39(30-33)57(16,17)18/h19-30,46-47H,1-18H3,(H2-,58,59,60)/p+1. The second-order valence-corrected chi connectivity index (χ2v) is 27.6. The van der Waals surface area contributed by atoms with E-state index in [-0.39, 0.29) is 44.3 Å². The molecule has 2 aromatic heterocycles. The summed E-state index contributed by atoms with van der Waals surface area (Å²) >= 11 is 5.62. The summed E-state index contributed by atoms with van der Waals surface area (Å²) < 4.78 is 0. The van der Waals surface area contributed by atoms with Gasteiger partial charge >= 0.3 is 0 Å². The average Bonchev–Trinajstić information content (AvgIpc) is 3.57. The van der Waals surface area contributed by atoms with Gasteiger partial charge in [0.25, 0.3) is 0 Å². The number of benzene rings is 3. The molecule has 7 rings (SSSR count). The summed E-state index contributed by atoms with van der Waals surface area (Å²) in [4.78, 5) is 7.64. The van der Waals surface area contributed by atoms with E-state index >= 15 is 0 Å². The van der Waals surface area contributed by atoms with Crippen LogP contribution in [0.3, 0.4) is 0 Å². The quantitative estimate of drug-likeness (QED) is 0.122. The molecule has 0 bridgehead atoms. The predicted octanol–water partition coefficient (Wildman–Crippen LogP) is 16.1. The molecule has 2 unspecified atom stereocenters. The molecule has 1 saturated carbocycles. The Kier molecular flexibility index (Phi) is 11.6. The number of hydrogen-bond donors (Lipinski definition) is 3. The highest BCUT2D eigenvalue weighted by atomic mass is 32.1. The molecule has 3 aromatic carbocycles. The molecule has 3 heterocycles. The second-order valence-electron chi connectivity index (χ2n) is 24.2. The Labute approximate surface area is 391 Å². The maximum Gasteiger partial charge on any atom is 0.238 e. The number of allylic oxidation sites excluding steroid dienone is 3. The molecule has 1 fully saturated rings. The maximum absolute atomic E-state index is 11.5. The smallest absolute Gasteiger partial charge is 0.238 e. The van der Waals surface area contributed by atoms with Crippen molar-refractivity contribution in [2.45, 2.75) is 169 Å². The van der Waals surface area contributed by atoms with Gasteiger partial charge < -0.3 is 15.3 Å². The van der Waals surface area contributed by atoms with Crippen LogP contribution in [0.5, 0.6) is 17.2 Å². The van der Waals surface area contributed by atoms with Gasteiger partial charge in [0.05, 0.1) is 0 Å². The van der Waals surface area contributed by atoms with Crippen molar-refractivity contribution in [2.24, 2.45) is 0 Å². The number of aromatic hydroxyl groups is 3. The van der Waals surface area contributed by atoms with Crippen LogP contribution in [-0.4, -0.2) is 20.2 Å². The third-order valence-corrected chi connectivity index (χ3v) is 16.3. The first-order chi connectivity index (χ1) is 28.8. The molecule has 2 atom stereocenters. The van der Waals surface area contributed by atoms with Crippen molar-refractivity contribution in [3.63, 3.8) is 0 Å². The van der Waals surface area contributed by atoms with Gasteiger partial charge in [0.2, 0.25) is 21.1 Å². The molecule has 5 aromatic rings. The zero-order valence-electron chi connectivity index (χ0n) is 41.1. The summed E-state index contributed by atoms with van der Waals surface area (Å²) in [7, 11) is 0. The third kappa shape index (κ3) is 9.16. The fourth-order valence-electron chi connectivity index (χ4n) is 8.96. The number of phenolic OH excluding ortho intramolecular Hbond substituents is 3. The fourth-order valence-corrected chi connectivity index (χ4v) is 12.4. The molecular weight excluding hydrogens is 829 g/mol. The van der Waals surface area contributed by atoms with Crippen LogP contribution in [0.15, 0.2) is 83.3 Å². The molecule has 6 heteroatoms. The van der Waals surface area contributed by atoms with Crippen molar-refractivity contribution < 1.29 is 15.3 Å². The minimum atomic E-state index is -0.215. The lowest BCUT2D eigenvalue weighted by atomic mass is 9.78. The van der Waals surface area contributed by atoms with Gasteiger partial charge in [-0.05, 0) is 104 Å². The highest BCUT2D eigenvalue weighted by Gasteiger charge is 2.53. The molecule has 63 heavy (non-hydrogen) atoms. The first kappa shape index (κ1) is 47.0. The Hall–Kier alpha value is -3.97. The van der Waals surface area contributed by atoms with Crippen molar-refractivity contribution in [3.05, 3.63) is 132 Å². The molecule has 0 saturated heterocycles. The van der Waals surface area contributed by atoms with Gasteiger partial charge in [-0.1, -0.05) is 125 Å². The SMILES string of the molecule is CC(C)(C)c1cc(C2=[S+]C(=C3C(c4ccc(-c5cc(C(C)(C)C)c(O)c(C(C)(C)C)c5)s4)C3c3ccc(-c4cc(C(C)(C)C)c(O)c(C(C)(C)C)c4)s3)C=C2)cc(C(C)(C)C)c1O. The van der Waals surface area contributed by atoms with Gasteiger partial charge in [-0.15, -0.1) is 22.7 Å². The van der Waals surface area contributed by atoms with E-state index in [9.17, 15) is 15.3 Å². The van der Waals surface area contributed by atoms with Crippen LogP contribution in [0, 0.1) is 0 Å². The number of thiophene rings is 2. The predicted molar refractivity (Wildman–Crippen MR) is 276 cm³/mol. The third-order valence-electron chi connectivity index (χ3n) is 12.7. The van der Waals surface area contributed by atoms with Crippen LogP contribution in [0.1, 0.15) is 185 Å². The molecule has 0 spiro atoms. The van der Waals surface area contributed by atoms with Crippen LogP contribution in [0.2, 0.25) is 0 Å². The largest absolute Gasteiger partial charge is 0.507 e. The Morgan fingerprint density at radius 1 is 0.397 bits per heavy atom. The van der Waals surface area contributed by atoms with E-state index < -0.39 is 0 Å². The van der Waals surface area contributed by atoms with Crippen molar-refractivity contribution in [1.29, 1.82) is 0 Å². The lowest BCUT2D eigenvalue weighted by molar-refractivity contribution is 0.422. The molecule has 0 amide bonds. The fraction of sp³-hybridized carbons (Fsp3) is 0.456. The molecule has 3 N–H and O–H groups in total. The molecule has 2 aliphatic rings. The Morgan fingerprint density at radius 2 is 0.683 bits per heavy atom. The van der Waals surface area contributed by atoms with E-state index in [0.29, 0.717) is 17.2 Å². The first-order valence-corrected chi connectivity index (χ1v) is 25.0. The van der Waals surface area contributed by atoms with Gasteiger partial charge in [0, 0.05) is 88.0 Å². The zero-order valence-corrected chi connectivity index (χ0v) is 43.6. The van der Waals surface area contributed by atoms with E-state index in [4.69, 9.17) is 0 Å². The van der Waals surface area contributed by atoms with Gasteiger partial charge in [0.1, 0.15) is 17.2 Å². The molecule has 3 nitrogen and oxygen atoms in total. The van der Waals surface area contributed by atoms with Gasteiger partial charge in [-0.25, -0.2) is 0 Å². The Balaban J connectivity index is 1.37. The summed E-state index contributed by atoms with van der Waals surface area (Å²) in [6.07, 6.45) is 4.60. The van der Waals surface area contributed by atoms with Crippen molar-refractivity contribution in [1.82, 2.24) is 0 Å². The molecule has 1 aliphatic heterocycles. The number of hydrogen-bond acceptors (Lipinski definition) is 5. The van der Waals surface area contributed by atoms with E-state index in [1.54, 1.807) is 0 Å². The van der Waals surface area contributed by atoms with Crippen molar-refractivity contribution >= 4 is 38.9 Å². The maximum atomic E-state index is 11.5. The summed E-state index contributed by atoms with van der Waals surface area (Å²) in [6, 6.07) is 22.5. The number of phenols is 3. The highest BCUT2D eigenvalue weighted by Crippen LogP contribution is 2.65. The van der Waals surface area contributed by atoms with Crippen LogP contribution in [-0.2, 0) is 43.8 Å². The first-order valence-electron chi connectivity index (χ1n) is 22.6. The molecular formula is C57H71O3S3+. The molecule has 0 radical (unpaired) electrons. The van der Waals surface area contributed by atoms with Gasteiger partial charge in [-0.3, -0.25) is 0 Å². The minimum Gasteiger partial charge on any atom is -0.507 e. The summed E-state index contributed by atoms with van der Waals surface area (Å²) in [5.41, 5.74) is 9.49. The summed E-state index contributed by atoms with van der Waals surface area (Å²) in [5, 5.41) is 34.6. The summed E-state index contributed by atoms with van der Waals surface area (Å²) in [5.74, 6) is 1.68. The monoisotopic (exact) mass is 899 g/mol. The minimum absolute atomic E-state index is 0.214. The van der Waals surface area contributed by atoms with E-state index in [1.165, 1.54) is 34.9 Å². The van der Waals surface area contributed by atoms with Crippen molar-refractivity contribution in [2.75, 3.05) is 0 Å². The highest BCUT2D eigenvalue weighted by molar-refractivity contribution is 7.84. The Bertz CT molecular complexity index is 2470. The number of rotatable bonds is 5. The van der Waals surface area contributed by atoms with Gasteiger partial charge in [-0.2, -0.15) is 0 Å². The normalized spacial score (nSPS) is 17.5. The summed E-state index contributed by atoms with van der Waals surface area (Å²) in [6.45, 7) is 39.2. The van der Waals surface area contributed by atoms with E-state index in [0.717, 1.165) is 50.1 Å². The van der Waals surface area contributed by atoms with E-state index in [1.807, 2.05) is 34.0 Å². The molecule has 1 aliphatic carbocycles. The zero-order chi connectivity index (χ0) is 46.7. The van der Waals surface area contributed by atoms with Crippen LogP contribution in [0.4, 0.5) is 0 Å². The lowest BCUT2D eigenvalue weighted by Gasteiger charge is -2.28. The van der Waals surface area contributed by atoms with Crippen molar-refractivity contribution in [3.8, 4) is 38.1 Å². The second kappa shape index (κ2) is 15.6. The lowest BCUT2D eigenvalue weighted by Crippen LogP contribution is -2.18. The topological polar surface area (TPSA) is 60.7 Å². The van der Waals surface area contributed by atoms with E-state index in [2.05, 4.69) is 197 Å². The average molecular weight is 900 g/mol. The van der Waals surface area contributed by atoms with Gasteiger partial charge in [0.15, 0.2) is 0 Å². The Morgan fingerprint density at radius 3 is 0.968 bits per heavy atom. The van der Waals surface area contributed by atoms with Crippen LogP contribution in [0.25, 0.3) is 20.9 Å².